The van der Waals surface area contributed by atoms with E-state index in [0.29, 0.717) is 18.0 Å². The number of methoxy groups -OCH3 is 1. The van der Waals surface area contributed by atoms with Crippen molar-refractivity contribution in [2.45, 2.75) is 12.5 Å². The molecule has 1 unspecified atom stereocenters. The van der Waals surface area contributed by atoms with Crippen molar-refractivity contribution in [2.24, 2.45) is 5.16 Å². The molecular weight excluding hydrogens is 308 g/mol. The largest absolute Gasteiger partial charge is 0.497 e. The summed E-state index contributed by atoms with van der Waals surface area (Å²) in [7, 11) is 1.58. The zero-order valence-electron chi connectivity index (χ0n) is 12.1. The summed E-state index contributed by atoms with van der Waals surface area (Å²) in [6.45, 7) is 0.878. The van der Waals surface area contributed by atoms with Crippen LogP contribution in [0.1, 0.15) is 6.42 Å². The fourth-order valence-corrected chi connectivity index (χ4v) is 2.13. The van der Waals surface area contributed by atoms with Crippen LogP contribution in [0.25, 0.3) is 0 Å². The molecule has 6 nitrogen and oxygen atoms in total. The molecule has 1 aromatic rings. The van der Waals surface area contributed by atoms with Gasteiger partial charge in [0.25, 0.3) is 0 Å². The average molecular weight is 325 g/mol. The van der Waals surface area contributed by atoms with Crippen molar-refractivity contribution in [1.29, 1.82) is 0 Å². The van der Waals surface area contributed by atoms with Crippen molar-refractivity contribution < 1.29 is 19.1 Å². The van der Waals surface area contributed by atoms with Crippen molar-refractivity contribution in [3.8, 4) is 11.5 Å². The summed E-state index contributed by atoms with van der Waals surface area (Å²) in [4.78, 5) is 17.3. The van der Waals surface area contributed by atoms with Gasteiger partial charge in [0, 0.05) is 0 Å². The lowest BCUT2D eigenvalue weighted by molar-refractivity contribution is -0.136. The van der Waals surface area contributed by atoms with Crippen molar-refractivity contribution in [3.63, 3.8) is 0 Å². The Morgan fingerprint density at radius 3 is 2.82 bits per heavy atom. The number of esters is 1. The Morgan fingerprint density at radius 2 is 2.14 bits per heavy atom. The second kappa shape index (κ2) is 8.41. The third-order valence-electron chi connectivity index (χ3n) is 3.13. The molecule has 2 rings (SSSR count). The van der Waals surface area contributed by atoms with Gasteiger partial charge in [0.1, 0.15) is 29.8 Å². The van der Waals surface area contributed by atoms with Crippen LogP contribution in [0, 0.1) is 0 Å². The number of carbonyl (C=O) groups excluding carboxylic acids is 1. The van der Waals surface area contributed by atoms with E-state index in [9.17, 15) is 4.79 Å². The van der Waals surface area contributed by atoms with Crippen LogP contribution in [0.5, 0.6) is 11.5 Å². The highest BCUT2D eigenvalue weighted by molar-refractivity contribution is 6.56. The van der Waals surface area contributed by atoms with Gasteiger partial charge in [-0.05, 0) is 42.8 Å². The van der Waals surface area contributed by atoms with Crippen LogP contribution in [-0.2, 0) is 9.63 Å². The van der Waals surface area contributed by atoms with Gasteiger partial charge in [0.2, 0.25) is 0 Å². The molecule has 7 heteroatoms. The first-order valence-corrected chi connectivity index (χ1v) is 7.20. The number of nitrogens with one attached hydrogen (secondary N) is 1. The molecule has 0 aromatic heterocycles. The van der Waals surface area contributed by atoms with Gasteiger partial charge in [0.05, 0.1) is 7.11 Å². The highest BCUT2D eigenvalue weighted by atomic mass is 35.5. The number of oxime groups is 1. The summed E-state index contributed by atoms with van der Waals surface area (Å²) >= 11 is 5.30. The summed E-state index contributed by atoms with van der Waals surface area (Å²) in [5, 5.41) is 6.57. The van der Waals surface area contributed by atoms with E-state index in [-0.39, 0.29) is 6.61 Å². The van der Waals surface area contributed by atoms with Gasteiger partial charge >= 0.3 is 5.97 Å². The van der Waals surface area contributed by atoms with Gasteiger partial charge in [-0.2, -0.15) is 0 Å². The van der Waals surface area contributed by atoms with Gasteiger partial charge in [0.15, 0.2) is 0 Å². The number of ether oxygens (including phenoxy) is 2. The van der Waals surface area contributed by atoms with Crippen LogP contribution in [0.15, 0.2) is 41.1 Å². The molecule has 1 aromatic carbocycles. The number of halogens is 1. The van der Waals surface area contributed by atoms with Gasteiger partial charge < -0.3 is 19.6 Å². The third kappa shape index (κ3) is 4.47. The molecule has 0 saturated carbocycles. The third-order valence-corrected chi connectivity index (χ3v) is 3.21. The number of nitrogens with zero attached hydrogens (tertiary/aromatic N) is 1. The normalized spacial score (nSPS) is 17.9. The zero-order chi connectivity index (χ0) is 15.8. The molecule has 1 N–H and O–H groups in total. The summed E-state index contributed by atoms with van der Waals surface area (Å²) in [6, 6.07) is 6.26. The van der Waals surface area contributed by atoms with E-state index >= 15 is 0 Å². The molecule has 0 amide bonds. The predicted octanol–water partition coefficient (Wildman–Crippen LogP) is 2.09. The monoisotopic (exact) mass is 324 g/mol. The van der Waals surface area contributed by atoms with Gasteiger partial charge in [-0.1, -0.05) is 22.8 Å². The molecule has 22 heavy (non-hydrogen) atoms. The van der Waals surface area contributed by atoms with E-state index < -0.39 is 12.0 Å². The van der Waals surface area contributed by atoms with E-state index in [1.165, 1.54) is 0 Å². The fourth-order valence-electron chi connectivity index (χ4n) is 2.07. The summed E-state index contributed by atoms with van der Waals surface area (Å²) in [5.41, 5.74) is 1.80. The maximum atomic E-state index is 12.3. The SMILES string of the molecule is COc1ccc(OC(=O)C2NCCC=C2CON=CCl)cc1. The summed E-state index contributed by atoms with van der Waals surface area (Å²) < 4.78 is 10.4. The number of hydrogen-bond donors (Lipinski definition) is 1. The molecule has 1 atom stereocenters. The Labute approximate surface area is 133 Å². The minimum atomic E-state index is -0.554. The zero-order valence-corrected chi connectivity index (χ0v) is 12.9. The minimum Gasteiger partial charge on any atom is -0.497 e. The van der Waals surface area contributed by atoms with Gasteiger partial charge in [-0.15, -0.1) is 0 Å². The first-order chi connectivity index (χ1) is 10.7. The maximum Gasteiger partial charge on any atom is 0.332 e. The predicted molar refractivity (Wildman–Crippen MR) is 83.4 cm³/mol. The first-order valence-electron chi connectivity index (χ1n) is 6.76. The van der Waals surface area contributed by atoms with Crippen molar-refractivity contribution in [3.05, 3.63) is 35.9 Å². The molecular formula is C15H17ClN2O4. The fraction of sp³-hybridized carbons (Fsp3) is 0.333. The quantitative estimate of drug-likeness (QED) is 0.285. The number of carbonyl (C=O) groups is 1. The van der Waals surface area contributed by atoms with E-state index in [0.717, 1.165) is 17.7 Å². The molecule has 118 valence electrons. The van der Waals surface area contributed by atoms with Crippen molar-refractivity contribution >= 4 is 23.2 Å². The van der Waals surface area contributed by atoms with Crippen LogP contribution in [-0.4, -0.2) is 37.9 Å². The molecule has 1 heterocycles. The Hall–Kier alpha value is -2.05. The average Bonchev–Trinajstić information content (AvgIpc) is 2.56. The highest BCUT2D eigenvalue weighted by Crippen LogP contribution is 2.19. The number of rotatable bonds is 6. The lowest BCUT2D eigenvalue weighted by Gasteiger charge is -2.23. The van der Waals surface area contributed by atoms with Gasteiger partial charge in [-0.3, -0.25) is 0 Å². The molecule has 1 aliphatic rings. The topological polar surface area (TPSA) is 69.2 Å². The Bertz CT molecular complexity index is 557. The minimum absolute atomic E-state index is 0.179. The van der Waals surface area contributed by atoms with Crippen LogP contribution in [0.3, 0.4) is 0 Å². The summed E-state index contributed by atoms with van der Waals surface area (Å²) in [6.07, 6.45) is 2.76. The molecule has 1 aliphatic heterocycles. The molecule has 0 bridgehead atoms. The number of hydrogen-bond acceptors (Lipinski definition) is 6. The Morgan fingerprint density at radius 1 is 1.41 bits per heavy atom. The van der Waals surface area contributed by atoms with E-state index in [2.05, 4.69) is 10.5 Å². The van der Waals surface area contributed by atoms with Crippen LogP contribution >= 0.6 is 11.6 Å². The second-order valence-corrected chi connectivity index (χ2v) is 4.72. The first kappa shape index (κ1) is 16.3. The van der Waals surface area contributed by atoms with E-state index in [4.69, 9.17) is 25.9 Å². The molecule has 0 radical (unpaired) electrons. The molecule has 0 aliphatic carbocycles. The smallest absolute Gasteiger partial charge is 0.332 e. The molecule has 0 spiro atoms. The highest BCUT2D eigenvalue weighted by Gasteiger charge is 2.27. The summed E-state index contributed by atoms with van der Waals surface area (Å²) in [5.74, 6) is 0.760. The van der Waals surface area contributed by atoms with Gasteiger partial charge in [-0.25, -0.2) is 4.79 Å². The second-order valence-electron chi connectivity index (χ2n) is 4.53. The standard InChI is InChI=1S/C15H17ClN2O4/c1-20-12-4-6-13(7-5-12)22-15(19)14-11(3-2-8-17-14)9-21-18-10-16/h3-7,10,14,17H,2,8-9H2,1H3. The lowest BCUT2D eigenvalue weighted by atomic mass is 10.0. The maximum absolute atomic E-state index is 12.3. The van der Waals surface area contributed by atoms with E-state index in [1.54, 1.807) is 31.4 Å². The van der Waals surface area contributed by atoms with E-state index in [1.807, 2.05) is 6.08 Å². The van der Waals surface area contributed by atoms with Crippen LogP contribution in [0.4, 0.5) is 0 Å². The van der Waals surface area contributed by atoms with Crippen molar-refractivity contribution in [2.75, 3.05) is 20.3 Å². The van der Waals surface area contributed by atoms with Crippen LogP contribution < -0.4 is 14.8 Å². The number of benzene rings is 1. The van der Waals surface area contributed by atoms with Crippen LogP contribution in [0.2, 0.25) is 0 Å². The Balaban J connectivity index is 1.99. The Kier molecular flexibility index (Phi) is 6.24. The van der Waals surface area contributed by atoms with Crippen molar-refractivity contribution in [1.82, 2.24) is 5.32 Å². The lowest BCUT2D eigenvalue weighted by Crippen LogP contribution is -2.44. The molecule has 0 fully saturated rings. The molecule has 0 saturated heterocycles.